The number of carbonyl (C=O) groups is 1. The Morgan fingerprint density at radius 3 is 2.60 bits per heavy atom. The molecule has 0 radical (unpaired) electrons. The van der Waals surface area contributed by atoms with Crippen LogP contribution in [0.4, 0.5) is 5.13 Å². The largest absolute Gasteiger partial charge is 0.450 e. The van der Waals surface area contributed by atoms with Crippen LogP contribution in [0.25, 0.3) is 11.0 Å². The van der Waals surface area contributed by atoms with Crippen LogP contribution in [0, 0.1) is 6.92 Å². The second kappa shape index (κ2) is 7.04. The van der Waals surface area contributed by atoms with Gasteiger partial charge in [0.15, 0.2) is 5.43 Å². The van der Waals surface area contributed by atoms with Crippen molar-refractivity contribution in [1.29, 1.82) is 0 Å². The summed E-state index contributed by atoms with van der Waals surface area (Å²) >= 11 is 7.40. The molecule has 5 rings (SSSR count). The van der Waals surface area contributed by atoms with Crippen molar-refractivity contribution in [2.75, 3.05) is 4.90 Å². The fraction of sp³-hybridized carbons (Fsp3) is 0.182. The van der Waals surface area contributed by atoms with E-state index in [4.69, 9.17) is 16.0 Å². The first-order valence-corrected chi connectivity index (χ1v) is 10.7. The first-order chi connectivity index (χ1) is 14.5. The average Bonchev–Trinajstić information content (AvgIpc) is 3.32. The fourth-order valence-corrected chi connectivity index (χ4v) is 4.66. The van der Waals surface area contributed by atoms with Crippen molar-refractivity contribution in [2.24, 2.45) is 0 Å². The predicted molar refractivity (Wildman–Crippen MR) is 117 cm³/mol. The molecular weight excluding hydrogens is 422 g/mol. The molecule has 1 amide bonds. The van der Waals surface area contributed by atoms with Gasteiger partial charge in [-0.2, -0.15) is 0 Å². The number of fused-ring (bicyclic) bond motifs is 2. The highest BCUT2D eigenvalue weighted by molar-refractivity contribution is 7.15. The van der Waals surface area contributed by atoms with Crippen LogP contribution in [0.3, 0.4) is 0 Å². The zero-order chi connectivity index (χ0) is 21.0. The molecular formula is C22H16ClN3O3S. The van der Waals surface area contributed by atoms with Crippen LogP contribution in [0.1, 0.15) is 45.2 Å². The van der Waals surface area contributed by atoms with Crippen LogP contribution >= 0.6 is 22.9 Å². The number of halogens is 1. The van der Waals surface area contributed by atoms with E-state index in [0.717, 1.165) is 16.1 Å². The summed E-state index contributed by atoms with van der Waals surface area (Å²) in [7, 11) is 0. The van der Waals surface area contributed by atoms with Crippen molar-refractivity contribution in [3.63, 3.8) is 0 Å². The van der Waals surface area contributed by atoms with Gasteiger partial charge < -0.3 is 4.42 Å². The van der Waals surface area contributed by atoms with E-state index in [1.54, 1.807) is 24.3 Å². The number of carbonyl (C=O) groups excluding carboxylic acids is 1. The molecule has 0 saturated heterocycles. The predicted octanol–water partition coefficient (Wildman–Crippen LogP) is 4.92. The van der Waals surface area contributed by atoms with E-state index in [9.17, 15) is 9.59 Å². The topological polar surface area (TPSA) is 76.3 Å². The number of nitrogens with zero attached hydrogens (tertiary/aromatic N) is 3. The molecule has 0 fully saturated rings. The van der Waals surface area contributed by atoms with Gasteiger partial charge in [0.2, 0.25) is 10.9 Å². The van der Waals surface area contributed by atoms with Crippen LogP contribution < -0.4 is 10.3 Å². The normalized spacial score (nSPS) is 15.8. The maximum absolute atomic E-state index is 13.5. The van der Waals surface area contributed by atoms with E-state index in [1.165, 1.54) is 16.2 Å². The quantitative estimate of drug-likeness (QED) is 0.454. The third kappa shape index (κ3) is 2.85. The fourth-order valence-electron chi connectivity index (χ4n) is 3.73. The minimum absolute atomic E-state index is 0.0459. The van der Waals surface area contributed by atoms with E-state index in [1.807, 2.05) is 32.0 Å². The molecule has 4 aromatic rings. The standard InChI is InChI=1S/C22H16ClN3O3S/c1-3-16-24-25-22(30-16)26-18(12-5-7-13(23)8-6-12)17-19(27)14-10-11(2)4-9-15(14)29-20(17)21(26)28/h4-10,18H,3H2,1-2H3/t18-/m1/s1. The zero-order valence-electron chi connectivity index (χ0n) is 16.2. The summed E-state index contributed by atoms with van der Waals surface area (Å²) in [5, 5.41) is 10.6. The Balaban J connectivity index is 1.80. The number of rotatable bonds is 3. The van der Waals surface area contributed by atoms with Crippen molar-refractivity contribution < 1.29 is 9.21 Å². The van der Waals surface area contributed by atoms with Gasteiger partial charge in [0.05, 0.1) is 17.0 Å². The van der Waals surface area contributed by atoms with Gasteiger partial charge in [-0.25, -0.2) is 0 Å². The molecule has 6 nitrogen and oxygen atoms in total. The maximum atomic E-state index is 13.5. The molecule has 2 aromatic heterocycles. The Morgan fingerprint density at radius 1 is 1.13 bits per heavy atom. The third-order valence-corrected chi connectivity index (χ3v) is 6.49. The van der Waals surface area contributed by atoms with Gasteiger partial charge in [0.25, 0.3) is 5.91 Å². The minimum atomic E-state index is -0.663. The van der Waals surface area contributed by atoms with E-state index >= 15 is 0 Å². The molecule has 3 heterocycles. The SMILES string of the molecule is CCc1nnc(N2C(=O)c3oc4ccc(C)cc4c(=O)c3[C@H]2c2ccc(Cl)cc2)s1. The van der Waals surface area contributed by atoms with Gasteiger partial charge in [-0.05, 0) is 43.2 Å². The van der Waals surface area contributed by atoms with Crippen molar-refractivity contribution in [2.45, 2.75) is 26.3 Å². The van der Waals surface area contributed by atoms with Gasteiger partial charge in [0.1, 0.15) is 10.6 Å². The number of hydrogen-bond donors (Lipinski definition) is 0. The number of aryl methyl sites for hydroxylation is 2. The van der Waals surface area contributed by atoms with E-state index < -0.39 is 11.9 Å². The van der Waals surface area contributed by atoms with Crippen LogP contribution in [-0.4, -0.2) is 16.1 Å². The monoisotopic (exact) mass is 437 g/mol. The van der Waals surface area contributed by atoms with Crippen LogP contribution in [0.15, 0.2) is 51.7 Å². The lowest BCUT2D eigenvalue weighted by Gasteiger charge is -2.22. The molecule has 0 saturated carbocycles. The highest BCUT2D eigenvalue weighted by Crippen LogP contribution is 2.42. The Morgan fingerprint density at radius 2 is 1.90 bits per heavy atom. The summed E-state index contributed by atoms with van der Waals surface area (Å²) in [5.41, 5.74) is 2.18. The first kappa shape index (κ1) is 19.0. The molecule has 0 spiro atoms. The van der Waals surface area contributed by atoms with Crippen molar-refractivity contribution in [1.82, 2.24) is 10.2 Å². The second-order valence-corrected chi connectivity index (χ2v) is 8.61. The highest BCUT2D eigenvalue weighted by atomic mass is 35.5. The number of anilines is 1. The molecule has 1 aliphatic rings. The number of aromatic nitrogens is 2. The van der Waals surface area contributed by atoms with Gasteiger partial charge >= 0.3 is 0 Å². The van der Waals surface area contributed by atoms with Gasteiger partial charge in [-0.3, -0.25) is 14.5 Å². The van der Waals surface area contributed by atoms with Crippen molar-refractivity contribution in [3.8, 4) is 0 Å². The van der Waals surface area contributed by atoms with E-state index in [-0.39, 0.29) is 11.2 Å². The lowest BCUT2D eigenvalue weighted by molar-refractivity contribution is 0.0970. The maximum Gasteiger partial charge on any atom is 0.297 e. The molecule has 0 bridgehead atoms. The van der Waals surface area contributed by atoms with Gasteiger partial charge in [0, 0.05) is 5.02 Å². The Kier molecular flexibility index (Phi) is 4.45. The smallest absolute Gasteiger partial charge is 0.297 e. The summed E-state index contributed by atoms with van der Waals surface area (Å²) in [6.45, 7) is 3.88. The summed E-state index contributed by atoms with van der Waals surface area (Å²) in [5.74, 6) is -0.354. The summed E-state index contributed by atoms with van der Waals surface area (Å²) in [4.78, 5) is 28.4. The molecule has 30 heavy (non-hydrogen) atoms. The molecule has 8 heteroatoms. The molecule has 150 valence electrons. The molecule has 0 unspecified atom stereocenters. The number of amides is 1. The Labute approximate surface area is 180 Å². The van der Waals surface area contributed by atoms with E-state index in [0.29, 0.717) is 33.1 Å². The van der Waals surface area contributed by atoms with Gasteiger partial charge in [-0.1, -0.05) is 53.6 Å². The lowest BCUT2D eigenvalue weighted by Crippen LogP contribution is -2.29. The molecule has 2 aromatic carbocycles. The molecule has 0 N–H and O–H groups in total. The van der Waals surface area contributed by atoms with Gasteiger partial charge in [-0.15, -0.1) is 10.2 Å². The third-order valence-electron chi connectivity index (χ3n) is 5.18. The summed E-state index contributed by atoms with van der Waals surface area (Å²) in [6, 6.07) is 11.8. The van der Waals surface area contributed by atoms with Crippen molar-refractivity contribution >= 4 is 44.9 Å². The molecule has 1 atom stereocenters. The van der Waals surface area contributed by atoms with E-state index in [2.05, 4.69) is 10.2 Å². The first-order valence-electron chi connectivity index (χ1n) is 9.46. The zero-order valence-corrected chi connectivity index (χ0v) is 17.8. The lowest BCUT2D eigenvalue weighted by atomic mass is 9.98. The van der Waals surface area contributed by atoms with Crippen molar-refractivity contribution in [3.05, 3.63) is 85.2 Å². The number of benzene rings is 2. The minimum Gasteiger partial charge on any atom is -0.450 e. The Hall–Kier alpha value is -3.03. The second-order valence-electron chi connectivity index (χ2n) is 7.13. The summed E-state index contributed by atoms with van der Waals surface area (Å²) < 4.78 is 5.95. The Bertz CT molecular complexity index is 1360. The summed E-state index contributed by atoms with van der Waals surface area (Å²) in [6.07, 6.45) is 0.707. The molecule has 1 aliphatic heterocycles. The van der Waals surface area contributed by atoms with Crippen LogP contribution in [-0.2, 0) is 6.42 Å². The van der Waals surface area contributed by atoms with Crippen LogP contribution in [0.5, 0.6) is 0 Å². The van der Waals surface area contributed by atoms with Crippen LogP contribution in [0.2, 0.25) is 5.02 Å². The molecule has 0 aliphatic carbocycles. The average molecular weight is 438 g/mol. The number of hydrogen-bond acceptors (Lipinski definition) is 6. The highest BCUT2D eigenvalue weighted by Gasteiger charge is 2.45.